The van der Waals surface area contributed by atoms with E-state index >= 15 is 0 Å². The Balaban J connectivity index is 2.43. The van der Waals surface area contributed by atoms with E-state index in [0.29, 0.717) is 6.04 Å². The number of benzene rings is 1. The van der Waals surface area contributed by atoms with Crippen molar-refractivity contribution in [3.63, 3.8) is 0 Å². The molecule has 0 heterocycles. The molecule has 0 aliphatic carbocycles. The lowest BCUT2D eigenvalue weighted by Gasteiger charge is -2.10. The molecule has 0 fully saturated rings. The molecule has 0 saturated heterocycles. The lowest BCUT2D eigenvalue weighted by molar-refractivity contribution is 0.652. The molecule has 1 rings (SSSR count). The number of thioether (sulfide) groups is 1. The first-order valence-electron chi connectivity index (χ1n) is 5.02. The maximum absolute atomic E-state index is 6.03. The van der Waals surface area contributed by atoms with Crippen molar-refractivity contribution >= 4 is 11.8 Å². The first kappa shape index (κ1) is 11.6. The maximum Gasteiger partial charge on any atom is 0.00871 e. The Kier molecular flexibility index (Phi) is 5.05. The van der Waals surface area contributed by atoms with Gasteiger partial charge in [-0.2, -0.15) is 11.8 Å². The van der Waals surface area contributed by atoms with Crippen LogP contribution in [-0.2, 0) is 6.42 Å². The molecule has 0 spiro atoms. The van der Waals surface area contributed by atoms with Gasteiger partial charge in [-0.25, -0.2) is 0 Å². The Bertz CT molecular complexity index is 273. The molecule has 1 aromatic carbocycles. The van der Waals surface area contributed by atoms with Crippen molar-refractivity contribution < 1.29 is 0 Å². The van der Waals surface area contributed by atoms with Crippen molar-refractivity contribution in [2.75, 3.05) is 12.0 Å². The fourth-order valence-electron chi connectivity index (χ4n) is 1.51. The van der Waals surface area contributed by atoms with Crippen LogP contribution >= 0.6 is 11.8 Å². The SMILES string of the molecule is CSCCC(N)Cc1cccc(C)c1. The highest BCUT2D eigenvalue weighted by molar-refractivity contribution is 7.98. The molecule has 0 radical (unpaired) electrons. The van der Waals surface area contributed by atoms with E-state index in [1.165, 1.54) is 11.1 Å². The van der Waals surface area contributed by atoms with E-state index in [1.807, 2.05) is 11.8 Å². The summed E-state index contributed by atoms with van der Waals surface area (Å²) in [5, 5.41) is 0. The summed E-state index contributed by atoms with van der Waals surface area (Å²) < 4.78 is 0. The summed E-state index contributed by atoms with van der Waals surface area (Å²) in [5.41, 5.74) is 8.71. The van der Waals surface area contributed by atoms with E-state index in [1.54, 1.807) is 0 Å². The van der Waals surface area contributed by atoms with Gasteiger partial charge in [0.05, 0.1) is 0 Å². The number of rotatable bonds is 5. The Hall–Kier alpha value is -0.470. The predicted molar refractivity (Wildman–Crippen MR) is 65.9 cm³/mol. The summed E-state index contributed by atoms with van der Waals surface area (Å²) in [6, 6.07) is 8.91. The molecule has 0 saturated carbocycles. The summed E-state index contributed by atoms with van der Waals surface area (Å²) in [5.74, 6) is 1.16. The minimum Gasteiger partial charge on any atom is -0.327 e. The quantitative estimate of drug-likeness (QED) is 0.806. The van der Waals surface area contributed by atoms with Crippen LogP contribution in [0.15, 0.2) is 24.3 Å². The largest absolute Gasteiger partial charge is 0.327 e. The molecule has 2 heteroatoms. The van der Waals surface area contributed by atoms with Crippen LogP contribution in [0.4, 0.5) is 0 Å². The molecule has 1 aromatic rings. The van der Waals surface area contributed by atoms with Crippen LogP contribution in [0.5, 0.6) is 0 Å². The van der Waals surface area contributed by atoms with Crippen LogP contribution in [0.2, 0.25) is 0 Å². The molecule has 0 aliphatic heterocycles. The molecule has 14 heavy (non-hydrogen) atoms. The Morgan fingerprint density at radius 2 is 2.21 bits per heavy atom. The number of nitrogens with two attached hydrogens (primary N) is 1. The highest BCUT2D eigenvalue weighted by Crippen LogP contribution is 2.08. The predicted octanol–water partition coefficient (Wildman–Crippen LogP) is 2.62. The van der Waals surface area contributed by atoms with Crippen LogP contribution in [0.1, 0.15) is 17.5 Å². The van der Waals surface area contributed by atoms with Crippen molar-refractivity contribution in [3.05, 3.63) is 35.4 Å². The van der Waals surface area contributed by atoms with Crippen LogP contribution in [0, 0.1) is 6.92 Å². The molecule has 1 atom stereocenters. The zero-order chi connectivity index (χ0) is 10.4. The summed E-state index contributed by atoms with van der Waals surface area (Å²) in [6.07, 6.45) is 4.23. The third-order valence-electron chi connectivity index (χ3n) is 2.27. The van der Waals surface area contributed by atoms with Crippen molar-refractivity contribution in [1.29, 1.82) is 0 Å². The van der Waals surface area contributed by atoms with Gasteiger partial charge in [0, 0.05) is 6.04 Å². The van der Waals surface area contributed by atoms with Crippen LogP contribution in [0.25, 0.3) is 0 Å². The number of aryl methyl sites for hydroxylation is 1. The molecule has 0 amide bonds. The van der Waals surface area contributed by atoms with E-state index < -0.39 is 0 Å². The summed E-state index contributed by atoms with van der Waals surface area (Å²) in [7, 11) is 0. The fraction of sp³-hybridized carbons (Fsp3) is 0.500. The third-order valence-corrected chi connectivity index (χ3v) is 2.92. The zero-order valence-corrected chi connectivity index (χ0v) is 9.81. The highest BCUT2D eigenvalue weighted by atomic mass is 32.2. The number of hydrogen-bond acceptors (Lipinski definition) is 2. The molecular formula is C12H19NS. The smallest absolute Gasteiger partial charge is 0.00871 e. The second-order valence-corrected chi connectivity index (χ2v) is 4.72. The van der Waals surface area contributed by atoms with Gasteiger partial charge >= 0.3 is 0 Å². The van der Waals surface area contributed by atoms with Crippen LogP contribution in [-0.4, -0.2) is 18.1 Å². The molecule has 1 nitrogen and oxygen atoms in total. The molecular weight excluding hydrogens is 190 g/mol. The fourth-order valence-corrected chi connectivity index (χ4v) is 2.05. The van der Waals surface area contributed by atoms with E-state index in [4.69, 9.17) is 5.73 Å². The second kappa shape index (κ2) is 6.10. The van der Waals surface area contributed by atoms with E-state index in [-0.39, 0.29) is 0 Å². The summed E-state index contributed by atoms with van der Waals surface area (Å²) >= 11 is 1.86. The van der Waals surface area contributed by atoms with Crippen molar-refractivity contribution in [3.8, 4) is 0 Å². The van der Waals surface area contributed by atoms with Crippen LogP contribution in [0.3, 0.4) is 0 Å². The van der Waals surface area contributed by atoms with E-state index in [0.717, 1.165) is 18.6 Å². The number of hydrogen-bond donors (Lipinski definition) is 1. The Morgan fingerprint density at radius 3 is 2.86 bits per heavy atom. The first-order chi connectivity index (χ1) is 6.72. The minimum atomic E-state index is 0.309. The molecule has 0 bridgehead atoms. The van der Waals surface area contributed by atoms with Gasteiger partial charge in [-0.3, -0.25) is 0 Å². The van der Waals surface area contributed by atoms with Gasteiger partial charge in [0.25, 0.3) is 0 Å². The van der Waals surface area contributed by atoms with Crippen molar-refractivity contribution in [2.45, 2.75) is 25.8 Å². The van der Waals surface area contributed by atoms with Gasteiger partial charge < -0.3 is 5.73 Å². The topological polar surface area (TPSA) is 26.0 Å². The Labute approximate surface area is 91.1 Å². The lowest BCUT2D eigenvalue weighted by atomic mass is 10.0. The summed E-state index contributed by atoms with van der Waals surface area (Å²) in [4.78, 5) is 0. The minimum absolute atomic E-state index is 0.309. The van der Waals surface area contributed by atoms with E-state index in [9.17, 15) is 0 Å². The van der Waals surface area contributed by atoms with E-state index in [2.05, 4.69) is 37.4 Å². The zero-order valence-electron chi connectivity index (χ0n) is 8.99. The second-order valence-electron chi connectivity index (χ2n) is 3.73. The van der Waals surface area contributed by atoms with Crippen molar-refractivity contribution in [2.24, 2.45) is 5.73 Å². The molecule has 0 aliphatic rings. The molecule has 0 aromatic heterocycles. The Morgan fingerprint density at radius 1 is 1.43 bits per heavy atom. The van der Waals surface area contributed by atoms with Crippen LogP contribution < -0.4 is 5.73 Å². The molecule has 2 N–H and O–H groups in total. The first-order valence-corrected chi connectivity index (χ1v) is 6.42. The van der Waals surface area contributed by atoms with Gasteiger partial charge in [0.15, 0.2) is 0 Å². The standard InChI is InChI=1S/C12H19NS/c1-10-4-3-5-11(8-10)9-12(13)6-7-14-2/h3-5,8,12H,6-7,9,13H2,1-2H3. The molecule has 78 valence electrons. The van der Waals surface area contributed by atoms with Gasteiger partial charge in [0.1, 0.15) is 0 Å². The van der Waals surface area contributed by atoms with Gasteiger partial charge in [-0.1, -0.05) is 29.8 Å². The average Bonchev–Trinajstić information content (AvgIpc) is 2.15. The van der Waals surface area contributed by atoms with Gasteiger partial charge in [-0.05, 0) is 37.3 Å². The normalized spacial score (nSPS) is 12.8. The average molecular weight is 209 g/mol. The third kappa shape index (κ3) is 4.16. The summed E-state index contributed by atoms with van der Waals surface area (Å²) in [6.45, 7) is 2.12. The van der Waals surface area contributed by atoms with Crippen molar-refractivity contribution in [1.82, 2.24) is 0 Å². The maximum atomic E-state index is 6.03. The molecule has 1 unspecified atom stereocenters. The van der Waals surface area contributed by atoms with Gasteiger partial charge in [-0.15, -0.1) is 0 Å². The lowest BCUT2D eigenvalue weighted by Crippen LogP contribution is -2.23. The monoisotopic (exact) mass is 209 g/mol. The van der Waals surface area contributed by atoms with Gasteiger partial charge in [0.2, 0.25) is 0 Å². The highest BCUT2D eigenvalue weighted by Gasteiger charge is 2.03.